The number of aromatic nitrogens is 4. The summed E-state index contributed by atoms with van der Waals surface area (Å²) in [5.74, 6) is -0.525. The van der Waals surface area contributed by atoms with Gasteiger partial charge in [-0.2, -0.15) is 9.97 Å². The van der Waals surface area contributed by atoms with E-state index in [-0.39, 0.29) is 23.7 Å². The van der Waals surface area contributed by atoms with Crippen molar-refractivity contribution in [2.45, 2.75) is 6.61 Å². The minimum atomic E-state index is -1.05. The number of fused-ring (bicyclic) bond motifs is 2. The number of aliphatic hydroxyl groups excluding tert-OH is 1. The molecular formula is C26H18N6O7. The first-order chi connectivity index (χ1) is 18.8. The number of pyridine rings is 2. The largest absolute Gasteiger partial charge is 0.478 e. The Balaban J connectivity index is 0.000000158. The number of rotatable bonds is 5. The van der Waals surface area contributed by atoms with Gasteiger partial charge in [0.05, 0.1) is 17.1 Å². The number of hydrogen-bond donors (Lipinski definition) is 3. The van der Waals surface area contributed by atoms with E-state index in [4.69, 9.17) is 24.8 Å². The predicted octanol–water partition coefficient (Wildman–Crippen LogP) is 4.46. The monoisotopic (exact) mass is 526 g/mol. The summed E-state index contributed by atoms with van der Waals surface area (Å²) in [5.41, 5.74) is 9.28. The third-order valence-electron chi connectivity index (χ3n) is 5.40. The van der Waals surface area contributed by atoms with Crippen LogP contribution in [0.5, 0.6) is 0 Å². The van der Waals surface area contributed by atoms with E-state index in [1.165, 1.54) is 24.3 Å². The molecule has 0 fully saturated rings. The third-order valence-corrected chi connectivity index (χ3v) is 5.40. The molecule has 0 radical (unpaired) electrons. The lowest BCUT2D eigenvalue weighted by Gasteiger charge is -2.01. The van der Waals surface area contributed by atoms with E-state index in [2.05, 4.69) is 19.9 Å². The maximum Gasteiger partial charge on any atom is 0.335 e. The summed E-state index contributed by atoms with van der Waals surface area (Å²) in [5, 5.41) is 29.1. The standard InChI is InChI=1S/C13H9N3O4.C13H9N3O3/c17-7-8-4-9(6-10(5-8)16(18)19)13-15-12-11(20-13)2-1-3-14-12;14-9-5-7(4-8(6-9)13(17)18)12-16-11-10(19-12)2-1-3-15-11/h1-6,17H,7H2;1-6H,14H2,(H,17,18). The molecule has 4 heterocycles. The molecule has 0 saturated heterocycles. The number of carboxylic acids is 1. The van der Waals surface area contributed by atoms with Crippen LogP contribution in [-0.2, 0) is 6.61 Å². The summed E-state index contributed by atoms with van der Waals surface area (Å²) < 4.78 is 11.0. The lowest BCUT2D eigenvalue weighted by molar-refractivity contribution is -0.384. The average Bonchev–Trinajstić information content (AvgIpc) is 3.57. The first-order valence-electron chi connectivity index (χ1n) is 11.3. The normalized spacial score (nSPS) is 10.8. The fourth-order valence-electron chi connectivity index (χ4n) is 3.68. The summed E-state index contributed by atoms with van der Waals surface area (Å²) in [4.78, 5) is 37.8. The summed E-state index contributed by atoms with van der Waals surface area (Å²) in [6.07, 6.45) is 3.19. The van der Waals surface area contributed by atoms with Crippen LogP contribution in [0.1, 0.15) is 15.9 Å². The number of aromatic carboxylic acids is 1. The second-order valence-electron chi connectivity index (χ2n) is 8.14. The molecule has 0 atom stereocenters. The van der Waals surface area contributed by atoms with Crippen LogP contribution in [0.25, 0.3) is 45.4 Å². The zero-order valence-corrected chi connectivity index (χ0v) is 19.9. The van der Waals surface area contributed by atoms with Crippen LogP contribution < -0.4 is 5.73 Å². The minimum absolute atomic E-state index is 0.0882. The molecule has 4 N–H and O–H groups in total. The minimum Gasteiger partial charge on any atom is -0.478 e. The highest BCUT2D eigenvalue weighted by Crippen LogP contribution is 2.28. The molecule has 0 aliphatic carbocycles. The molecule has 0 bridgehead atoms. The maximum absolute atomic E-state index is 11.0. The zero-order valence-electron chi connectivity index (χ0n) is 19.9. The van der Waals surface area contributed by atoms with E-state index < -0.39 is 10.9 Å². The van der Waals surface area contributed by atoms with Crippen LogP contribution in [0, 0.1) is 10.1 Å². The Morgan fingerprint density at radius 3 is 2.00 bits per heavy atom. The predicted molar refractivity (Wildman–Crippen MR) is 138 cm³/mol. The summed E-state index contributed by atoms with van der Waals surface area (Å²) in [6, 6.07) is 15.6. The van der Waals surface area contributed by atoms with E-state index in [1.807, 2.05) is 0 Å². The Kier molecular flexibility index (Phi) is 6.63. The second kappa shape index (κ2) is 10.4. The van der Waals surface area contributed by atoms with Gasteiger partial charge in [0.15, 0.2) is 22.5 Å². The van der Waals surface area contributed by atoms with Crippen LogP contribution in [-0.4, -0.2) is 41.0 Å². The van der Waals surface area contributed by atoms with Gasteiger partial charge in [-0.15, -0.1) is 0 Å². The van der Waals surface area contributed by atoms with Crippen molar-refractivity contribution in [2.75, 3.05) is 5.73 Å². The highest BCUT2D eigenvalue weighted by molar-refractivity contribution is 5.90. The van der Waals surface area contributed by atoms with Crippen LogP contribution in [0.3, 0.4) is 0 Å². The number of nitrogen functional groups attached to an aromatic ring is 1. The number of aliphatic hydroxyl groups is 1. The number of non-ortho nitro benzene ring substituents is 1. The molecular weight excluding hydrogens is 508 g/mol. The fraction of sp³-hybridized carbons (Fsp3) is 0.0385. The zero-order chi connectivity index (χ0) is 27.5. The van der Waals surface area contributed by atoms with Crippen LogP contribution in [0.4, 0.5) is 11.4 Å². The summed E-state index contributed by atoms with van der Waals surface area (Å²) in [6.45, 7) is -0.298. The third kappa shape index (κ3) is 5.38. The second-order valence-corrected chi connectivity index (χ2v) is 8.14. The number of nitro benzene ring substituents is 1. The van der Waals surface area contributed by atoms with Gasteiger partial charge < -0.3 is 24.8 Å². The molecule has 0 aliphatic rings. The molecule has 6 aromatic rings. The molecule has 13 heteroatoms. The first kappa shape index (κ1) is 25.0. The molecule has 0 unspecified atom stereocenters. The van der Waals surface area contributed by atoms with Gasteiger partial charge in [0.2, 0.25) is 11.8 Å². The highest BCUT2D eigenvalue weighted by Gasteiger charge is 2.15. The summed E-state index contributed by atoms with van der Waals surface area (Å²) >= 11 is 0. The number of oxazole rings is 2. The molecule has 0 spiro atoms. The molecule has 0 saturated carbocycles. The van der Waals surface area contributed by atoms with Crippen molar-refractivity contribution in [3.8, 4) is 22.9 Å². The fourth-order valence-corrected chi connectivity index (χ4v) is 3.68. The Hall–Kier alpha value is -5.69. The van der Waals surface area contributed by atoms with Crippen molar-refractivity contribution in [1.82, 2.24) is 19.9 Å². The molecule has 4 aromatic heterocycles. The van der Waals surface area contributed by atoms with Gasteiger partial charge in [-0.25, -0.2) is 14.8 Å². The highest BCUT2D eigenvalue weighted by atomic mass is 16.6. The van der Waals surface area contributed by atoms with Crippen LogP contribution >= 0.6 is 0 Å². The number of carbonyl (C=O) groups is 1. The quantitative estimate of drug-likeness (QED) is 0.162. The van der Waals surface area contributed by atoms with Gasteiger partial charge in [-0.05, 0) is 54.1 Å². The van der Waals surface area contributed by atoms with Gasteiger partial charge in [-0.3, -0.25) is 10.1 Å². The smallest absolute Gasteiger partial charge is 0.335 e. The number of nitrogens with zero attached hydrogens (tertiary/aromatic N) is 5. The maximum atomic E-state index is 11.0. The van der Waals surface area contributed by atoms with Gasteiger partial charge in [0.1, 0.15) is 0 Å². The molecule has 6 rings (SSSR count). The van der Waals surface area contributed by atoms with Crippen molar-refractivity contribution >= 4 is 39.8 Å². The van der Waals surface area contributed by atoms with Gasteiger partial charge >= 0.3 is 5.97 Å². The lowest BCUT2D eigenvalue weighted by Crippen LogP contribution is -1.98. The molecule has 39 heavy (non-hydrogen) atoms. The molecule has 13 nitrogen and oxygen atoms in total. The number of nitro groups is 1. The SMILES string of the molecule is Nc1cc(C(=O)O)cc(-c2nc3ncccc3o2)c1.O=[N+]([O-])c1cc(CO)cc(-c2nc3ncccc3o2)c1. The molecule has 2 aromatic carbocycles. The van der Waals surface area contributed by atoms with Crippen molar-refractivity contribution in [2.24, 2.45) is 0 Å². The van der Waals surface area contributed by atoms with E-state index in [0.29, 0.717) is 50.7 Å². The van der Waals surface area contributed by atoms with E-state index in [9.17, 15) is 14.9 Å². The Morgan fingerprint density at radius 1 is 0.897 bits per heavy atom. The number of benzene rings is 2. The number of carboxylic acid groups (broad SMARTS) is 1. The van der Waals surface area contributed by atoms with Crippen LogP contribution in [0.15, 0.2) is 81.9 Å². The first-order valence-corrected chi connectivity index (χ1v) is 11.3. The average molecular weight is 526 g/mol. The van der Waals surface area contributed by atoms with Gasteiger partial charge in [0.25, 0.3) is 5.69 Å². The lowest BCUT2D eigenvalue weighted by atomic mass is 10.1. The number of hydrogen-bond acceptors (Lipinski definition) is 11. The van der Waals surface area contributed by atoms with Gasteiger partial charge in [-0.1, -0.05) is 0 Å². The van der Waals surface area contributed by atoms with Gasteiger partial charge in [0, 0.05) is 41.3 Å². The van der Waals surface area contributed by atoms with Crippen molar-refractivity contribution < 1.29 is 28.8 Å². The Labute approximate surface area is 218 Å². The van der Waals surface area contributed by atoms with Crippen molar-refractivity contribution in [3.63, 3.8) is 0 Å². The van der Waals surface area contributed by atoms with E-state index in [0.717, 1.165) is 0 Å². The topological polar surface area (TPSA) is 205 Å². The van der Waals surface area contributed by atoms with E-state index >= 15 is 0 Å². The van der Waals surface area contributed by atoms with Crippen molar-refractivity contribution in [1.29, 1.82) is 0 Å². The number of anilines is 1. The number of nitrogens with two attached hydrogens (primary N) is 1. The van der Waals surface area contributed by atoms with E-state index in [1.54, 1.807) is 48.8 Å². The van der Waals surface area contributed by atoms with Crippen molar-refractivity contribution in [3.05, 3.63) is 94.3 Å². The Bertz CT molecular complexity index is 1780. The molecule has 0 aliphatic heterocycles. The molecule has 194 valence electrons. The van der Waals surface area contributed by atoms with Crippen LogP contribution in [0.2, 0.25) is 0 Å². The Morgan fingerprint density at radius 2 is 1.49 bits per heavy atom. The molecule has 0 amide bonds. The summed E-state index contributed by atoms with van der Waals surface area (Å²) in [7, 11) is 0.